The van der Waals surface area contributed by atoms with Crippen molar-refractivity contribution in [3.8, 4) is 0 Å². The molecule has 0 saturated carbocycles. The molecule has 0 amide bonds. The summed E-state index contributed by atoms with van der Waals surface area (Å²) < 4.78 is 6.92. The molecule has 2 aliphatic rings. The van der Waals surface area contributed by atoms with Crippen molar-refractivity contribution in [1.82, 2.24) is 9.47 Å². The average molecular weight is 276 g/mol. The van der Waals surface area contributed by atoms with E-state index in [2.05, 4.69) is 4.90 Å². The van der Waals surface area contributed by atoms with Crippen molar-refractivity contribution >= 4 is 5.97 Å². The van der Waals surface area contributed by atoms with Gasteiger partial charge in [-0.25, -0.2) is 0 Å². The van der Waals surface area contributed by atoms with E-state index in [1.54, 1.807) is 6.07 Å². The molecule has 0 aliphatic carbocycles. The molecule has 1 saturated heterocycles. The second kappa shape index (κ2) is 5.40. The van der Waals surface area contributed by atoms with Gasteiger partial charge in [-0.1, -0.05) is 6.07 Å². The first-order valence-corrected chi connectivity index (χ1v) is 7.25. The Labute approximate surface area is 118 Å². The number of ether oxygens (including phenoxy) is 1. The Kier molecular flexibility index (Phi) is 3.61. The van der Waals surface area contributed by atoms with Crippen molar-refractivity contribution in [3.63, 3.8) is 0 Å². The van der Waals surface area contributed by atoms with Crippen LogP contribution in [0.2, 0.25) is 0 Å². The highest BCUT2D eigenvalue weighted by Gasteiger charge is 2.34. The molecule has 2 aliphatic heterocycles. The number of hydrogen-bond donors (Lipinski definition) is 0. The maximum absolute atomic E-state index is 11.9. The van der Waals surface area contributed by atoms with Gasteiger partial charge in [-0.05, 0) is 25.3 Å². The second-order valence-electron chi connectivity index (χ2n) is 5.70. The van der Waals surface area contributed by atoms with E-state index in [1.807, 2.05) is 23.6 Å². The van der Waals surface area contributed by atoms with Gasteiger partial charge in [0, 0.05) is 37.3 Å². The monoisotopic (exact) mass is 276 g/mol. The third kappa shape index (κ3) is 2.50. The largest absolute Gasteiger partial charge is 0.465 e. The highest BCUT2D eigenvalue weighted by atomic mass is 16.5. The maximum Gasteiger partial charge on any atom is 0.320 e. The number of likely N-dealkylation sites (tertiary alicyclic amines) is 1. The van der Waals surface area contributed by atoms with Gasteiger partial charge in [0.2, 0.25) is 0 Å². The summed E-state index contributed by atoms with van der Waals surface area (Å²) in [5, 5.41) is 0. The lowest BCUT2D eigenvalue weighted by atomic mass is 9.83. The van der Waals surface area contributed by atoms with Crippen LogP contribution in [0.5, 0.6) is 0 Å². The fraction of sp³-hybridized carbons (Fsp3) is 0.600. The van der Waals surface area contributed by atoms with Gasteiger partial charge in [0.25, 0.3) is 5.56 Å². The van der Waals surface area contributed by atoms with Crippen LogP contribution in [0.3, 0.4) is 0 Å². The Balaban J connectivity index is 1.77. The van der Waals surface area contributed by atoms with Gasteiger partial charge in [-0.15, -0.1) is 0 Å². The van der Waals surface area contributed by atoms with Gasteiger partial charge in [0.1, 0.15) is 0 Å². The summed E-state index contributed by atoms with van der Waals surface area (Å²) in [6, 6.07) is 5.50. The first-order chi connectivity index (χ1) is 9.67. The number of esters is 1. The Hall–Kier alpha value is -1.62. The zero-order valence-corrected chi connectivity index (χ0v) is 11.7. The van der Waals surface area contributed by atoms with Gasteiger partial charge in [-0.2, -0.15) is 0 Å². The lowest BCUT2D eigenvalue weighted by Crippen LogP contribution is -2.48. The summed E-state index contributed by atoms with van der Waals surface area (Å²) in [6.45, 7) is 5.08. The lowest BCUT2D eigenvalue weighted by molar-refractivity contribution is -0.145. The van der Waals surface area contributed by atoms with Crippen LogP contribution < -0.4 is 5.56 Å². The number of nitrogens with zero attached hydrogens (tertiary/aromatic N) is 2. The Morgan fingerprint density at radius 3 is 3.00 bits per heavy atom. The lowest BCUT2D eigenvalue weighted by Gasteiger charge is -2.42. The number of carbonyl (C=O) groups is 1. The van der Waals surface area contributed by atoms with Crippen LogP contribution in [-0.4, -0.2) is 41.7 Å². The molecule has 1 aromatic rings. The summed E-state index contributed by atoms with van der Waals surface area (Å²) in [4.78, 5) is 25.7. The summed E-state index contributed by atoms with van der Waals surface area (Å²) in [5.74, 6) is 0.652. The molecule has 0 radical (unpaired) electrons. The highest BCUT2D eigenvalue weighted by molar-refractivity contribution is 5.71. The number of rotatable bonds is 3. The Morgan fingerprint density at radius 2 is 2.20 bits per heavy atom. The van der Waals surface area contributed by atoms with Crippen molar-refractivity contribution in [1.29, 1.82) is 0 Å². The van der Waals surface area contributed by atoms with E-state index in [9.17, 15) is 9.59 Å². The molecular formula is C15H20N2O3. The highest BCUT2D eigenvalue weighted by Crippen LogP contribution is 2.34. The first kappa shape index (κ1) is 13.4. The van der Waals surface area contributed by atoms with Crippen LogP contribution in [0.15, 0.2) is 23.0 Å². The summed E-state index contributed by atoms with van der Waals surface area (Å²) in [5.41, 5.74) is 1.21. The predicted octanol–water partition coefficient (Wildman–Crippen LogP) is 0.831. The molecule has 2 atom stereocenters. The molecule has 1 aromatic heterocycles. The van der Waals surface area contributed by atoms with E-state index in [-0.39, 0.29) is 11.5 Å². The van der Waals surface area contributed by atoms with E-state index in [1.165, 1.54) is 0 Å². The average Bonchev–Trinajstić information content (AvgIpc) is 2.40. The molecule has 2 bridgehead atoms. The van der Waals surface area contributed by atoms with E-state index in [0.29, 0.717) is 25.0 Å². The number of carbonyl (C=O) groups excluding carboxylic acids is 1. The smallest absolute Gasteiger partial charge is 0.320 e. The van der Waals surface area contributed by atoms with E-state index < -0.39 is 0 Å². The van der Waals surface area contributed by atoms with Crippen molar-refractivity contribution in [3.05, 3.63) is 34.2 Å². The Bertz CT molecular complexity index is 566. The molecule has 20 heavy (non-hydrogen) atoms. The molecule has 5 nitrogen and oxygen atoms in total. The summed E-state index contributed by atoms with van der Waals surface area (Å²) >= 11 is 0. The van der Waals surface area contributed by atoms with Gasteiger partial charge in [-0.3, -0.25) is 14.5 Å². The fourth-order valence-corrected chi connectivity index (χ4v) is 3.51. The molecule has 0 spiro atoms. The molecule has 1 fully saturated rings. The van der Waals surface area contributed by atoms with Crippen molar-refractivity contribution in [2.24, 2.45) is 5.92 Å². The summed E-state index contributed by atoms with van der Waals surface area (Å²) in [7, 11) is 0. The quantitative estimate of drug-likeness (QED) is 0.767. The Morgan fingerprint density at radius 1 is 1.35 bits per heavy atom. The van der Waals surface area contributed by atoms with Gasteiger partial charge in [0.05, 0.1) is 13.2 Å². The standard InChI is InChI=1S/C15H20N2O3/c1-2-20-15(19)10-16-7-11-6-12(9-16)13-4-3-5-14(18)17(13)8-11/h3-5,11-12H,2,6-10H2,1H3/t11-,12?/m1/s1. The van der Waals surface area contributed by atoms with E-state index in [0.717, 1.165) is 31.7 Å². The van der Waals surface area contributed by atoms with Crippen LogP contribution in [0.4, 0.5) is 0 Å². The molecule has 0 aromatic carbocycles. The molecule has 0 N–H and O–H groups in total. The maximum atomic E-state index is 11.9. The first-order valence-electron chi connectivity index (χ1n) is 7.25. The predicted molar refractivity (Wildman–Crippen MR) is 74.6 cm³/mol. The minimum Gasteiger partial charge on any atom is -0.465 e. The van der Waals surface area contributed by atoms with Gasteiger partial charge >= 0.3 is 5.97 Å². The molecule has 3 heterocycles. The summed E-state index contributed by atoms with van der Waals surface area (Å²) in [6.07, 6.45) is 1.11. The normalized spacial score (nSPS) is 25.1. The van der Waals surface area contributed by atoms with Crippen LogP contribution in [-0.2, 0) is 16.1 Å². The van der Waals surface area contributed by atoms with Crippen molar-refractivity contribution in [2.75, 3.05) is 26.2 Å². The zero-order chi connectivity index (χ0) is 14.1. The van der Waals surface area contributed by atoms with Crippen LogP contribution >= 0.6 is 0 Å². The van der Waals surface area contributed by atoms with Gasteiger partial charge < -0.3 is 9.30 Å². The minimum atomic E-state index is -0.155. The van der Waals surface area contributed by atoms with E-state index >= 15 is 0 Å². The van der Waals surface area contributed by atoms with Crippen molar-refractivity contribution < 1.29 is 9.53 Å². The molecular weight excluding hydrogens is 256 g/mol. The number of hydrogen-bond acceptors (Lipinski definition) is 4. The van der Waals surface area contributed by atoms with Gasteiger partial charge in [0.15, 0.2) is 0 Å². The van der Waals surface area contributed by atoms with Crippen LogP contribution in [0.25, 0.3) is 0 Å². The fourth-order valence-electron chi connectivity index (χ4n) is 3.51. The van der Waals surface area contributed by atoms with Crippen LogP contribution in [0.1, 0.15) is 25.0 Å². The number of aromatic nitrogens is 1. The van der Waals surface area contributed by atoms with Crippen LogP contribution in [0, 0.1) is 5.92 Å². The SMILES string of the molecule is CCOC(=O)CN1CC2C[C@H](C1)Cn1c2cccc1=O. The second-order valence-corrected chi connectivity index (χ2v) is 5.70. The topological polar surface area (TPSA) is 51.5 Å². The third-order valence-corrected chi connectivity index (χ3v) is 4.21. The molecule has 1 unspecified atom stereocenters. The van der Waals surface area contributed by atoms with Crippen molar-refractivity contribution in [2.45, 2.75) is 25.8 Å². The number of piperidine rings is 1. The molecule has 108 valence electrons. The molecule has 3 rings (SSSR count). The van der Waals surface area contributed by atoms with E-state index in [4.69, 9.17) is 4.74 Å². The number of pyridine rings is 1. The number of fused-ring (bicyclic) bond motifs is 4. The zero-order valence-electron chi connectivity index (χ0n) is 11.7. The third-order valence-electron chi connectivity index (χ3n) is 4.21. The minimum absolute atomic E-state index is 0.0936. The molecule has 5 heteroatoms.